The van der Waals surface area contributed by atoms with Gasteiger partial charge < -0.3 is 26.4 Å². The maximum absolute atomic E-state index is 12.9. The normalized spacial score (nSPS) is 12.2. The van der Waals surface area contributed by atoms with Gasteiger partial charge in [0, 0.05) is 19.2 Å². The molecule has 4 amide bonds. The van der Waals surface area contributed by atoms with Gasteiger partial charge >= 0.3 is 12.0 Å². The monoisotopic (exact) mass is 580 g/mol. The lowest BCUT2D eigenvalue weighted by molar-refractivity contribution is -0.142. The lowest BCUT2D eigenvalue weighted by Gasteiger charge is -2.20. The molecular formula is C24H29IN4O5. The van der Waals surface area contributed by atoms with Crippen LogP contribution in [0.4, 0.5) is 10.5 Å². The summed E-state index contributed by atoms with van der Waals surface area (Å²) < 4.78 is 4.59. The Kier molecular flexibility index (Phi) is 11.3. The number of urea groups is 1. The van der Waals surface area contributed by atoms with Crippen LogP contribution in [0.2, 0.25) is 0 Å². The number of benzene rings is 2. The van der Waals surface area contributed by atoms with Crippen LogP contribution in [-0.4, -0.2) is 40.3 Å². The van der Waals surface area contributed by atoms with Crippen molar-refractivity contribution in [1.29, 1.82) is 0 Å². The van der Waals surface area contributed by atoms with E-state index in [1.165, 1.54) is 6.92 Å². The van der Waals surface area contributed by atoms with Crippen molar-refractivity contribution in [2.75, 3.05) is 11.9 Å². The summed E-state index contributed by atoms with van der Waals surface area (Å²) in [5, 5.41) is 8.11. The molecular weight excluding hydrogens is 551 g/mol. The minimum absolute atomic E-state index is 0.146. The minimum atomic E-state index is -0.795. The van der Waals surface area contributed by atoms with E-state index in [9.17, 15) is 19.2 Å². The van der Waals surface area contributed by atoms with Crippen molar-refractivity contribution in [2.45, 2.75) is 42.8 Å². The zero-order chi connectivity index (χ0) is 24.9. The number of primary amides is 1. The quantitative estimate of drug-likeness (QED) is 0.132. The number of nitrogens with one attached hydrogen (secondary N) is 3. The molecule has 5 N–H and O–H groups in total. The molecule has 10 heteroatoms. The number of carbonyl (C=O) groups excluding carboxylic acids is 4. The van der Waals surface area contributed by atoms with Gasteiger partial charge in [0.25, 0.3) is 0 Å². The largest absolute Gasteiger partial charge is 0.461 e. The van der Waals surface area contributed by atoms with Crippen LogP contribution < -0.4 is 21.7 Å². The number of nitrogens with two attached hydrogens (primary N) is 1. The molecule has 0 aromatic heterocycles. The maximum Gasteiger partial charge on any atom is 0.312 e. The Morgan fingerprint density at radius 3 is 2.26 bits per heavy atom. The molecule has 2 aromatic rings. The highest BCUT2D eigenvalue weighted by atomic mass is 127. The fourth-order valence-electron chi connectivity index (χ4n) is 3.06. The van der Waals surface area contributed by atoms with Crippen LogP contribution in [-0.2, 0) is 32.1 Å². The minimum Gasteiger partial charge on any atom is -0.461 e. The molecule has 2 rings (SSSR count). The molecule has 0 spiro atoms. The van der Waals surface area contributed by atoms with Crippen molar-refractivity contribution in [1.82, 2.24) is 10.6 Å². The topological polar surface area (TPSA) is 140 Å². The summed E-state index contributed by atoms with van der Waals surface area (Å²) in [6.07, 6.45) is 1.30. The number of rotatable bonds is 12. The van der Waals surface area contributed by atoms with Crippen LogP contribution in [0.1, 0.15) is 30.9 Å². The van der Waals surface area contributed by atoms with Crippen molar-refractivity contribution in [2.24, 2.45) is 5.73 Å². The number of hydrogen-bond donors (Lipinski definition) is 4. The van der Waals surface area contributed by atoms with Crippen LogP contribution in [0.25, 0.3) is 0 Å². The second kappa shape index (κ2) is 14.2. The molecule has 0 saturated heterocycles. The Labute approximate surface area is 212 Å². The van der Waals surface area contributed by atoms with Gasteiger partial charge in [-0.15, -0.1) is 0 Å². The third-order valence-electron chi connectivity index (χ3n) is 4.81. The van der Waals surface area contributed by atoms with Gasteiger partial charge in [-0.05, 0) is 42.5 Å². The number of ether oxygens (including phenoxy) is 1. The second-order valence-corrected chi connectivity index (χ2v) is 9.12. The third-order valence-corrected chi connectivity index (χ3v) is 5.81. The Hall–Kier alpha value is -3.15. The average molecular weight is 580 g/mol. The summed E-state index contributed by atoms with van der Waals surface area (Å²) in [5.74, 6) is -0.990. The number of esters is 1. The van der Waals surface area contributed by atoms with Gasteiger partial charge in [-0.1, -0.05) is 65.1 Å². The molecule has 2 atom stereocenters. The molecule has 0 saturated carbocycles. The smallest absolute Gasteiger partial charge is 0.312 e. The molecule has 0 aliphatic heterocycles. The molecule has 0 heterocycles. The number of halogens is 1. The number of anilines is 1. The van der Waals surface area contributed by atoms with Crippen LogP contribution in [0, 0.1) is 0 Å². The zero-order valence-corrected chi connectivity index (χ0v) is 21.0. The Morgan fingerprint density at radius 2 is 1.65 bits per heavy atom. The maximum atomic E-state index is 12.9. The van der Waals surface area contributed by atoms with Gasteiger partial charge in [0.1, 0.15) is 12.6 Å². The standard InChI is InChI=1S/C24H29IN4O5/c1-16(30)34-15-18-9-11-19(12-10-18)28-23(32)21(8-5-13-27-24(26)33)29-22(31)20(25)14-17-6-3-2-4-7-17/h2-4,6-7,9-12,20-21H,5,8,13-15H2,1H3,(H,28,32)(H,29,31)(H3,26,27,33)/t20-,21-/m0/s1. The first-order chi connectivity index (χ1) is 16.2. The van der Waals surface area contributed by atoms with Crippen molar-refractivity contribution in [3.63, 3.8) is 0 Å². The van der Waals surface area contributed by atoms with E-state index in [0.29, 0.717) is 24.9 Å². The molecule has 0 radical (unpaired) electrons. The first-order valence-electron chi connectivity index (χ1n) is 10.8. The first kappa shape index (κ1) is 27.1. The molecule has 0 bridgehead atoms. The summed E-state index contributed by atoms with van der Waals surface area (Å²) in [7, 11) is 0. The fraction of sp³-hybridized carbons (Fsp3) is 0.333. The van der Waals surface area contributed by atoms with Crippen LogP contribution >= 0.6 is 22.6 Å². The van der Waals surface area contributed by atoms with Crippen LogP contribution in [0.15, 0.2) is 54.6 Å². The van der Waals surface area contributed by atoms with Gasteiger partial charge in [-0.3, -0.25) is 14.4 Å². The highest BCUT2D eigenvalue weighted by Crippen LogP contribution is 2.14. The van der Waals surface area contributed by atoms with Gasteiger partial charge in [-0.25, -0.2) is 4.79 Å². The number of alkyl halides is 1. The molecule has 0 unspecified atom stereocenters. The summed E-state index contributed by atoms with van der Waals surface area (Å²) in [4.78, 5) is 47.6. The van der Waals surface area contributed by atoms with E-state index in [1.54, 1.807) is 24.3 Å². The first-order valence-corrected chi connectivity index (χ1v) is 12.0. The molecule has 0 aliphatic rings. The molecule has 9 nitrogen and oxygen atoms in total. The summed E-state index contributed by atoms with van der Waals surface area (Å²) in [6.45, 7) is 1.77. The van der Waals surface area contributed by atoms with Gasteiger partial charge in [0.2, 0.25) is 11.8 Å². The van der Waals surface area contributed by atoms with E-state index in [-0.39, 0.29) is 34.9 Å². The predicted molar refractivity (Wildman–Crippen MR) is 137 cm³/mol. The van der Waals surface area contributed by atoms with Crippen molar-refractivity contribution >= 4 is 52.1 Å². The summed E-state index contributed by atoms with van der Waals surface area (Å²) in [5.41, 5.74) is 7.44. The fourth-order valence-corrected chi connectivity index (χ4v) is 3.75. The van der Waals surface area contributed by atoms with E-state index >= 15 is 0 Å². The third kappa shape index (κ3) is 10.2. The van der Waals surface area contributed by atoms with E-state index < -0.39 is 12.1 Å². The second-order valence-electron chi connectivity index (χ2n) is 7.62. The predicted octanol–water partition coefficient (Wildman–Crippen LogP) is 2.67. The van der Waals surface area contributed by atoms with Crippen molar-refractivity contribution in [3.8, 4) is 0 Å². The average Bonchev–Trinajstić information content (AvgIpc) is 2.80. The van der Waals surface area contributed by atoms with E-state index in [2.05, 4.69) is 38.5 Å². The Morgan fingerprint density at radius 1 is 0.971 bits per heavy atom. The number of hydrogen-bond acceptors (Lipinski definition) is 5. The van der Waals surface area contributed by atoms with Crippen LogP contribution in [0.5, 0.6) is 0 Å². The zero-order valence-electron chi connectivity index (χ0n) is 18.9. The number of amides is 4. The van der Waals surface area contributed by atoms with Gasteiger partial charge in [0.05, 0.1) is 3.92 Å². The molecule has 2 aromatic carbocycles. The Balaban J connectivity index is 1.99. The van der Waals surface area contributed by atoms with E-state index in [4.69, 9.17) is 10.5 Å². The Bertz CT molecular complexity index is 969. The molecule has 34 heavy (non-hydrogen) atoms. The van der Waals surface area contributed by atoms with E-state index in [1.807, 2.05) is 30.3 Å². The lowest BCUT2D eigenvalue weighted by Crippen LogP contribution is -2.47. The molecule has 0 aliphatic carbocycles. The summed E-state index contributed by atoms with van der Waals surface area (Å²) >= 11 is 2.07. The van der Waals surface area contributed by atoms with Gasteiger partial charge in [0.15, 0.2) is 0 Å². The van der Waals surface area contributed by atoms with Crippen molar-refractivity contribution in [3.05, 3.63) is 65.7 Å². The van der Waals surface area contributed by atoms with Crippen LogP contribution in [0.3, 0.4) is 0 Å². The molecule has 182 valence electrons. The lowest BCUT2D eigenvalue weighted by atomic mass is 10.1. The van der Waals surface area contributed by atoms with E-state index in [0.717, 1.165) is 11.1 Å². The summed E-state index contributed by atoms with van der Waals surface area (Å²) in [6, 6.07) is 15.1. The highest BCUT2D eigenvalue weighted by molar-refractivity contribution is 14.1. The number of carbonyl (C=O) groups is 4. The highest BCUT2D eigenvalue weighted by Gasteiger charge is 2.24. The SMILES string of the molecule is CC(=O)OCc1ccc(NC(=O)[C@H](CCCNC(N)=O)NC(=O)[C@@H](I)Cc2ccccc2)cc1. The molecule has 0 fully saturated rings. The van der Waals surface area contributed by atoms with Gasteiger partial charge in [-0.2, -0.15) is 0 Å². The van der Waals surface area contributed by atoms with Crippen molar-refractivity contribution < 1.29 is 23.9 Å².